The maximum absolute atomic E-state index is 11.7. The van der Waals surface area contributed by atoms with Gasteiger partial charge in [-0.25, -0.2) is 4.98 Å². The van der Waals surface area contributed by atoms with E-state index in [0.717, 1.165) is 0 Å². The van der Waals surface area contributed by atoms with Gasteiger partial charge in [-0.2, -0.15) is 4.98 Å². The van der Waals surface area contributed by atoms with E-state index in [2.05, 4.69) is 21.5 Å². The summed E-state index contributed by atoms with van der Waals surface area (Å²) in [5.41, 5.74) is 6.37. The number of imidazole rings is 1. The summed E-state index contributed by atoms with van der Waals surface area (Å²) in [4.78, 5) is 22.2. The predicted molar refractivity (Wildman–Crippen MR) is 71.9 cm³/mol. The van der Waals surface area contributed by atoms with Crippen LogP contribution in [0, 0.1) is 5.92 Å². The Morgan fingerprint density at radius 1 is 1.60 bits per heavy atom. The quantitative estimate of drug-likeness (QED) is 0.530. The number of nitrogen functional groups attached to an aromatic ring is 1. The maximum atomic E-state index is 11.7. The number of nitrogens with one attached hydrogen (secondary N) is 1. The highest BCUT2D eigenvalue weighted by molar-refractivity contribution is 5.70. The first kappa shape index (κ1) is 12.8. The molecule has 0 amide bonds. The van der Waals surface area contributed by atoms with Crippen molar-refractivity contribution < 1.29 is 10.2 Å². The molecule has 1 aliphatic rings. The van der Waals surface area contributed by atoms with Gasteiger partial charge in [-0.1, -0.05) is 6.58 Å². The van der Waals surface area contributed by atoms with Gasteiger partial charge in [0, 0.05) is 5.92 Å². The lowest BCUT2D eigenvalue weighted by Crippen LogP contribution is -2.17. The highest BCUT2D eigenvalue weighted by atomic mass is 16.3. The fraction of sp³-hybridized carbons (Fsp3) is 0.417. The van der Waals surface area contributed by atoms with Crippen LogP contribution in [0.5, 0.6) is 0 Å². The number of aromatic amines is 1. The SMILES string of the molecule is C=C1[C@H](n2cnc3c(=O)[nH]c(N)nc32)C[C@@H](O)[C@H]1CO. The second-order valence-electron chi connectivity index (χ2n) is 4.96. The van der Waals surface area contributed by atoms with Crippen LogP contribution >= 0.6 is 0 Å². The largest absolute Gasteiger partial charge is 0.396 e. The third-order valence-electron chi connectivity index (χ3n) is 3.82. The normalized spacial score (nSPS) is 26.5. The Kier molecular flexibility index (Phi) is 2.84. The number of nitrogens with zero attached hydrogens (tertiary/aromatic N) is 3. The molecule has 2 aromatic rings. The summed E-state index contributed by atoms with van der Waals surface area (Å²) in [5, 5.41) is 19.2. The van der Waals surface area contributed by atoms with Crippen LogP contribution in [0.2, 0.25) is 0 Å². The van der Waals surface area contributed by atoms with Crippen LogP contribution in [0.4, 0.5) is 5.95 Å². The Morgan fingerprint density at radius 3 is 3.00 bits per heavy atom. The molecule has 0 aliphatic heterocycles. The van der Waals surface area contributed by atoms with Crippen LogP contribution in [0.25, 0.3) is 11.2 Å². The van der Waals surface area contributed by atoms with E-state index in [1.165, 1.54) is 6.33 Å². The van der Waals surface area contributed by atoms with E-state index in [4.69, 9.17) is 5.73 Å². The monoisotopic (exact) mass is 277 g/mol. The molecule has 20 heavy (non-hydrogen) atoms. The number of H-pyrrole nitrogens is 1. The molecule has 0 aromatic carbocycles. The van der Waals surface area contributed by atoms with Crippen molar-refractivity contribution in [1.82, 2.24) is 19.5 Å². The van der Waals surface area contributed by atoms with Crippen LogP contribution < -0.4 is 11.3 Å². The third kappa shape index (κ3) is 1.73. The van der Waals surface area contributed by atoms with Crippen molar-refractivity contribution in [3.63, 3.8) is 0 Å². The molecule has 0 unspecified atom stereocenters. The summed E-state index contributed by atoms with van der Waals surface area (Å²) in [6.07, 6.45) is 1.20. The van der Waals surface area contributed by atoms with Crippen LogP contribution in [0.3, 0.4) is 0 Å². The molecule has 1 saturated carbocycles. The molecule has 3 rings (SSSR count). The molecule has 0 radical (unpaired) electrons. The summed E-state index contributed by atoms with van der Waals surface area (Å²) >= 11 is 0. The summed E-state index contributed by atoms with van der Waals surface area (Å²) < 4.78 is 1.67. The second-order valence-corrected chi connectivity index (χ2v) is 4.96. The Morgan fingerprint density at radius 2 is 2.35 bits per heavy atom. The Bertz CT molecular complexity index is 734. The summed E-state index contributed by atoms with van der Waals surface area (Å²) in [7, 11) is 0. The van der Waals surface area contributed by atoms with Gasteiger partial charge in [0.25, 0.3) is 5.56 Å². The number of hydrogen-bond donors (Lipinski definition) is 4. The number of aliphatic hydroxyl groups is 2. The lowest BCUT2D eigenvalue weighted by atomic mass is 10.0. The molecule has 106 valence electrons. The highest BCUT2D eigenvalue weighted by Gasteiger charge is 2.37. The molecular formula is C12H15N5O3. The van der Waals surface area contributed by atoms with E-state index in [-0.39, 0.29) is 30.0 Å². The molecule has 0 saturated heterocycles. The maximum Gasteiger partial charge on any atom is 0.280 e. The van der Waals surface area contributed by atoms with Crippen LogP contribution in [0.1, 0.15) is 12.5 Å². The van der Waals surface area contributed by atoms with E-state index >= 15 is 0 Å². The van der Waals surface area contributed by atoms with Gasteiger partial charge < -0.3 is 20.5 Å². The first-order valence-corrected chi connectivity index (χ1v) is 6.23. The molecule has 1 aliphatic carbocycles. The molecule has 0 spiro atoms. The molecule has 1 fully saturated rings. The van der Waals surface area contributed by atoms with E-state index in [0.29, 0.717) is 17.6 Å². The minimum Gasteiger partial charge on any atom is -0.396 e. The molecule has 8 heteroatoms. The molecule has 2 aromatic heterocycles. The van der Waals surface area contributed by atoms with Gasteiger partial charge in [0.15, 0.2) is 11.2 Å². The topological polar surface area (TPSA) is 130 Å². The Hall–Kier alpha value is -2.19. The molecular weight excluding hydrogens is 262 g/mol. The van der Waals surface area contributed by atoms with Gasteiger partial charge in [0.2, 0.25) is 5.95 Å². The van der Waals surface area contributed by atoms with Crippen LogP contribution in [-0.4, -0.2) is 42.4 Å². The zero-order valence-corrected chi connectivity index (χ0v) is 10.7. The lowest BCUT2D eigenvalue weighted by molar-refractivity contribution is 0.101. The first-order valence-electron chi connectivity index (χ1n) is 6.23. The molecule has 0 bridgehead atoms. The Balaban J connectivity index is 2.12. The number of nitrogens with two attached hydrogens (primary N) is 1. The van der Waals surface area contributed by atoms with Crippen molar-refractivity contribution in [3.05, 3.63) is 28.8 Å². The Labute approximate surface area is 113 Å². The summed E-state index contributed by atoms with van der Waals surface area (Å²) in [6, 6.07) is -0.263. The minimum absolute atomic E-state index is 0.00659. The minimum atomic E-state index is -0.672. The van der Waals surface area contributed by atoms with E-state index in [1.54, 1.807) is 4.57 Å². The lowest BCUT2D eigenvalue weighted by Gasteiger charge is -2.15. The number of anilines is 1. The van der Waals surface area contributed by atoms with Crippen LogP contribution in [-0.2, 0) is 0 Å². The second kappa shape index (κ2) is 4.43. The number of rotatable bonds is 2. The number of fused-ring (bicyclic) bond motifs is 1. The van der Waals surface area contributed by atoms with Crippen molar-refractivity contribution in [2.75, 3.05) is 12.3 Å². The smallest absolute Gasteiger partial charge is 0.280 e. The highest BCUT2D eigenvalue weighted by Crippen LogP contribution is 2.39. The van der Waals surface area contributed by atoms with Crippen molar-refractivity contribution in [2.45, 2.75) is 18.6 Å². The van der Waals surface area contributed by atoms with E-state index in [9.17, 15) is 15.0 Å². The van der Waals surface area contributed by atoms with Crippen molar-refractivity contribution in [3.8, 4) is 0 Å². The van der Waals surface area contributed by atoms with E-state index in [1.807, 2.05) is 0 Å². The van der Waals surface area contributed by atoms with Gasteiger partial charge in [0.1, 0.15) is 0 Å². The fourth-order valence-electron chi connectivity index (χ4n) is 2.74. The molecule has 5 N–H and O–H groups in total. The first-order chi connectivity index (χ1) is 9.52. The van der Waals surface area contributed by atoms with Crippen molar-refractivity contribution >= 4 is 17.1 Å². The number of aromatic nitrogens is 4. The van der Waals surface area contributed by atoms with Crippen LogP contribution in [0.15, 0.2) is 23.3 Å². The van der Waals surface area contributed by atoms with Gasteiger partial charge in [-0.05, 0) is 12.0 Å². The molecule has 2 heterocycles. The van der Waals surface area contributed by atoms with Crippen molar-refractivity contribution in [2.24, 2.45) is 5.92 Å². The van der Waals surface area contributed by atoms with Crippen molar-refractivity contribution in [1.29, 1.82) is 0 Å². The molecule has 8 nitrogen and oxygen atoms in total. The zero-order valence-electron chi connectivity index (χ0n) is 10.7. The third-order valence-corrected chi connectivity index (χ3v) is 3.82. The zero-order chi connectivity index (χ0) is 14.4. The van der Waals surface area contributed by atoms with E-state index < -0.39 is 11.7 Å². The van der Waals surface area contributed by atoms with Gasteiger partial charge in [-0.15, -0.1) is 0 Å². The van der Waals surface area contributed by atoms with Gasteiger partial charge in [0.05, 0.1) is 25.1 Å². The average Bonchev–Trinajstić information content (AvgIpc) is 2.91. The standard InChI is InChI=1S/C12H15N5O3/c1-5-6(3-18)8(19)2-7(5)17-4-14-9-10(17)15-12(13)16-11(9)20/h4,6-8,18-19H,1-3H2,(H3,13,15,16,20)/t6-,7+,8+/m0/s1. The van der Waals surface area contributed by atoms with Gasteiger partial charge in [-0.3, -0.25) is 9.78 Å². The average molecular weight is 277 g/mol. The fourth-order valence-corrected chi connectivity index (χ4v) is 2.74. The molecule has 3 atom stereocenters. The predicted octanol–water partition coefficient (Wildman–Crippen LogP) is -0.828. The number of hydrogen-bond acceptors (Lipinski definition) is 6. The number of aliphatic hydroxyl groups excluding tert-OH is 2. The summed E-state index contributed by atoms with van der Waals surface area (Å²) in [6.45, 7) is 3.76. The van der Waals surface area contributed by atoms with Gasteiger partial charge >= 0.3 is 0 Å². The summed E-state index contributed by atoms with van der Waals surface area (Å²) in [5.74, 6) is -0.371.